The molecule has 0 aromatic carbocycles. The van der Waals surface area contributed by atoms with Crippen LogP contribution in [0.1, 0.15) is 26.7 Å². The summed E-state index contributed by atoms with van der Waals surface area (Å²) >= 11 is 0. The van der Waals surface area contributed by atoms with Gasteiger partial charge in [-0.1, -0.05) is 25.2 Å². The lowest BCUT2D eigenvalue weighted by molar-refractivity contribution is -0.148. The second-order valence-electron chi connectivity index (χ2n) is 7.43. The van der Waals surface area contributed by atoms with E-state index in [-0.39, 0.29) is 24.1 Å². The quantitative estimate of drug-likeness (QED) is 0.596. The van der Waals surface area contributed by atoms with E-state index in [9.17, 15) is 9.90 Å². The molecule has 114 valence electrons. The van der Waals surface area contributed by atoms with Crippen molar-refractivity contribution in [1.29, 1.82) is 0 Å². The highest BCUT2D eigenvalue weighted by atomic mass is 16.5. The molecular formula is C18H24O3. The maximum absolute atomic E-state index is 11.4. The molecule has 0 aromatic heterocycles. The summed E-state index contributed by atoms with van der Waals surface area (Å²) in [5, 5.41) is 10.6. The van der Waals surface area contributed by atoms with Crippen molar-refractivity contribution in [3.05, 3.63) is 24.3 Å². The normalized spacial score (nSPS) is 53.4. The lowest BCUT2D eigenvalue weighted by Crippen LogP contribution is -2.42. The molecule has 2 fully saturated rings. The van der Waals surface area contributed by atoms with Gasteiger partial charge in [0.05, 0.1) is 6.10 Å². The molecular weight excluding hydrogens is 264 g/mol. The van der Waals surface area contributed by atoms with Crippen molar-refractivity contribution in [2.75, 3.05) is 0 Å². The molecule has 0 unspecified atom stereocenters. The Bertz CT molecular complexity index is 509. The molecule has 4 rings (SSSR count). The zero-order valence-corrected chi connectivity index (χ0v) is 12.7. The smallest absolute Gasteiger partial charge is 0.303 e. The number of aliphatic hydroxyl groups excluding tert-OH is 1. The van der Waals surface area contributed by atoms with Crippen molar-refractivity contribution < 1.29 is 14.6 Å². The van der Waals surface area contributed by atoms with E-state index in [1.54, 1.807) is 0 Å². The molecule has 0 radical (unpaired) electrons. The monoisotopic (exact) mass is 288 g/mol. The minimum atomic E-state index is -0.380. The Hall–Kier alpha value is -1.09. The van der Waals surface area contributed by atoms with E-state index < -0.39 is 0 Å². The first-order valence-corrected chi connectivity index (χ1v) is 8.28. The number of esters is 1. The molecule has 2 saturated carbocycles. The number of aliphatic hydroxyl groups is 1. The number of hydrogen-bond donors (Lipinski definition) is 1. The zero-order valence-electron chi connectivity index (χ0n) is 12.7. The highest BCUT2D eigenvalue weighted by Crippen LogP contribution is 2.64. The fraction of sp³-hybridized carbons (Fsp3) is 0.722. The van der Waals surface area contributed by atoms with E-state index >= 15 is 0 Å². The molecule has 0 aromatic rings. The molecule has 21 heavy (non-hydrogen) atoms. The molecule has 3 heteroatoms. The van der Waals surface area contributed by atoms with E-state index in [0.717, 1.165) is 5.92 Å². The average Bonchev–Trinajstić information content (AvgIpc) is 3.09. The summed E-state index contributed by atoms with van der Waals surface area (Å²) < 4.78 is 5.50. The number of allylic oxidation sites excluding steroid dienone is 2. The van der Waals surface area contributed by atoms with Crippen molar-refractivity contribution in [1.82, 2.24) is 0 Å². The summed E-state index contributed by atoms with van der Waals surface area (Å²) in [5.74, 6) is 3.61. The standard InChI is InChI=1S/C18H24O3/c1-9-16(21-10(2)19)7-6-15(20)18-14-8-13(17(9)18)11-4-3-5-12(11)14/h3-4,6-7,9,11-18,20H,5,8H2,1-2H3/t9-,11+,12-,13+,14+,15-,16+,17-,18-/m0/s1. The molecule has 9 atom stereocenters. The van der Waals surface area contributed by atoms with Gasteiger partial charge in [-0.2, -0.15) is 0 Å². The maximum Gasteiger partial charge on any atom is 0.303 e. The van der Waals surface area contributed by atoms with Gasteiger partial charge in [0.15, 0.2) is 0 Å². The van der Waals surface area contributed by atoms with Crippen LogP contribution in [0.4, 0.5) is 0 Å². The molecule has 2 bridgehead atoms. The lowest BCUT2D eigenvalue weighted by atomic mass is 9.64. The van der Waals surface area contributed by atoms with E-state index in [1.165, 1.54) is 19.8 Å². The molecule has 0 aliphatic heterocycles. The first-order valence-electron chi connectivity index (χ1n) is 8.28. The first-order chi connectivity index (χ1) is 10.1. The van der Waals surface area contributed by atoms with Crippen LogP contribution < -0.4 is 0 Å². The number of carbonyl (C=O) groups is 1. The minimum absolute atomic E-state index is 0.185. The van der Waals surface area contributed by atoms with Gasteiger partial charge in [-0.15, -0.1) is 0 Å². The van der Waals surface area contributed by atoms with Crippen LogP contribution in [0.25, 0.3) is 0 Å². The fourth-order valence-electron chi connectivity index (χ4n) is 5.99. The Labute approximate surface area is 126 Å². The zero-order chi connectivity index (χ0) is 14.7. The molecule has 4 aliphatic carbocycles. The van der Waals surface area contributed by atoms with Crippen LogP contribution >= 0.6 is 0 Å². The number of rotatable bonds is 1. The van der Waals surface area contributed by atoms with Crippen molar-refractivity contribution >= 4 is 5.97 Å². The van der Waals surface area contributed by atoms with Crippen LogP contribution in [-0.4, -0.2) is 23.3 Å². The lowest BCUT2D eigenvalue weighted by Gasteiger charge is -2.42. The number of carbonyl (C=O) groups excluding carboxylic acids is 1. The van der Waals surface area contributed by atoms with Gasteiger partial charge < -0.3 is 9.84 Å². The van der Waals surface area contributed by atoms with Crippen LogP contribution in [0, 0.1) is 41.4 Å². The van der Waals surface area contributed by atoms with Crippen LogP contribution in [0.3, 0.4) is 0 Å². The third-order valence-corrected chi connectivity index (χ3v) is 6.60. The summed E-state index contributed by atoms with van der Waals surface area (Å²) in [5.41, 5.74) is 0. The predicted molar refractivity (Wildman–Crippen MR) is 79.2 cm³/mol. The van der Waals surface area contributed by atoms with E-state index in [4.69, 9.17) is 4.74 Å². The molecule has 0 amide bonds. The second-order valence-corrected chi connectivity index (χ2v) is 7.43. The van der Waals surface area contributed by atoms with Gasteiger partial charge in [0.25, 0.3) is 0 Å². The molecule has 0 spiro atoms. The number of hydrogen-bond acceptors (Lipinski definition) is 3. The van der Waals surface area contributed by atoms with Gasteiger partial charge in [0.1, 0.15) is 6.10 Å². The van der Waals surface area contributed by atoms with Crippen LogP contribution in [0.15, 0.2) is 24.3 Å². The molecule has 0 saturated heterocycles. The Balaban J connectivity index is 1.67. The Morgan fingerprint density at radius 3 is 2.71 bits per heavy atom. The van der Waals surface area contributed by atoms with Gasteiger partial charge in [-0.05, 0) is 54.4 Å². The predicted octanol–water partition coefficient (Wildman–Crippen LogP) is 2.56. The molecule has 0 heterocycles. The maximum atomic E-state index is 11.4. The summed E-state index contributed by atoms with van der Waals surface area (Å²) in [6.45, 7) is 3.66. The third kappa shape index (κ3) is 1.86. The Kier molecular flexibility index (Phi) is 3.04. The third-order valence-electron chi connectivity index (χ3n) is 6.60. The number of ether oxygens (including phenoxy) is 1. The topological polar surface area (TPSA) is 46.5 Å². The summed E-state index contributed by atoms with van der Waals surface area (Å²) in [6, 6.07) is 0. The van der Waals surface area contributed by atoms with E-state index in [1.807, 2.05) is 12.2 Å². The first kappa shape index (κ1) is 13.6. The van der Waals surface area contributed by atoms with Gasteiger partial charge in [0.2, 0.25) is 0 Å². The summed E-state index contributed by atoms with van der Waals surface area (Å²) in [4.78, 5) is 11.4. The van der Waals surface area contributed by atoms with Gasteiger partial charge in [0, 0.05) is 12.8 Å². The highest BCUT2D eigenvalue weighted by Gasteiger charge is 2.61. The van der Waals surface area contributed by atoms with Crippen LogP contribution in [-0.2, 0) is 9.53 Å². The molecule has 3 nitrogen and oxygen atoms in total. The largest absolute Gasteiger partial charge is 0.458 e. The fourth-order valence-corrected chi connectivity index (χ4v) is 5.99. The Morgan fingerprint density at radius 2 is 1.95 bits per heavy atom. The summed E-state index contributed by atoms with van der Waals surface area (Å²) in [7, 11) is 0. The van der Waals surface area contributed by atoms with Gasteiger partial charge >= 0.3 is 5.97 Å². The van der Waals surface area contributed by atoms with Crippen molar-refractivity contribution in [2.24, 2.45) is 41.4 Å². The minimum Gasteiger partial charge on any atom is -0.458 e. The second kappa shape index (κ2) is 4.70. The summed E-state index contributed by atoms with van der Waals surface area (Å²) in [6.07, 6.45) is 10.4. The van der Waals surface area contributed by atoms with Crippen molar-refractivity contribution in [3.63, 3.8) is 0 Å². The van der Waals surface area contributed by atoms with Gasteiger partial charge in [-0.3, -0.25) is 4.79 Å². The van der Waals surface area contributed by atoms with Crippen molar-refractivity contribution in [2.45, 2.75) is 38.9 Å². The number of fused-ring (bicyclic) bond motifs is 8. The molecule has 1 N–H and O–H groups in total. The van der Waals surface area contributed by atoms with Crippen molar-refractivity contribution in [3.8, 4) is 0 Å². The Morgan fingerprint density at radius 1 is 1.14 bits per heavy atom. The van der Waals surface area contributed by atoms with E-state index in [0.29, 0.717) is 29.6 Å². The SMILES string of the molecule is CC(=O)O[C@@H]1C=C[C@H](O)[C@@H]2[C@@H]3C[C@H]([C@@H]4C=CC[C@@H]43)[C@@H]2[C@H]1C. The van der Waals surface area contributed by atoms with Crippen LogP contribution in [0.2, 0.25) is 0 Å². The van der Waals surface area contributed by atoms with Crippen LogP contribution in [0.5, 0.6) is 0 Å². The highest BCUT2D eigenvalue weighted by molar-refractivity contribution is 5.66. The molecule has 4 aliphatic rings. The van der Waals surface area contributed by atoms with Gasteiger partial charge in [-0.25, -0.2) is 0 Å². The average molecular weight is 288 g/mol. The van der Waals surface area contributed by atoms with E-state index in [2.05, 4.69) is 19.1 Å².